The van der Waals surface area contributed by atoms with Crippen molar-refractivity contribution in [3.05, 3.63) is 54.1 Å². The number of amides is 2. The fourth-order valence-corrected chi connectivity index (χ4v) is 4.33. The van der Waals surface area contributed by atoms with Gasteiger partial charge in [-0.2, -0.15) is 0 Å². The van der Waals surface area contributed by atoms with Crippen molar-refractivity contribution < 1.29 is 28.1 Å². The van der Waals surface area contributed by atoms with E-state index in [0.29, 0.717) is 25.3 Å². The molecule has 4 N–H and O–H groups in total. The van der Waals surface area contributed by atoms with Gasteiger partial charge >= 0.3 is 0 Å². The number of quaternary nitrogens is 1. The second-order valence-electron chi connectivity index (χ2n) is 8.24. The predicted octanol–water partition coefficient (Wildman–Crippen LogP) is 1.73. The number of nitrogens with two attached hydrogens (primary N) is 2. The number of hydrogen-bond acceptors (Lipinski definition) is 5. The minimum atomic E-state index is -3.71. The number of rotatable bonds is 12. The van der Waals surface area contributed by atoms with Gasteiger partial charge in [0.2, 0.25) is 15.9 Å². The normalized spacial score (nSPS) is 16.4. The van der Waals surface area contributed by atoms with E-state index in [0.717, 1.165) is 24.2 Å². The number of carbonyl (C=O) groups excluding carboxylic acids is 2. The third-order valence-corrected chi connectivity index (χ3v) is 6.61. The predicted molar refractivity (Wildman–Crippen MR) is 125 cm³/mol. The summed E-state index contributed by atoms with van der Waals surface area (Å²) in [6.45, 7) is 3.42. The zero-order chi connectivity index (χ0) is 23.8. The number of imide groups is 1. The second-order valence-corrected chi connectivity index (χ2v) is 9.81. The summed E-state index contributed by atoms with van der Waals surface area (Å²) in [6, 6.07) is 12.9. The zero-order valence-corrected chi connectivity index (χ0v) is 19.7. The Morgan fingerprint density at radius 3 is 2.36 bits per heavy atom. The van der Waals surface area contributed by atoms with Crippen LogP contribution in [0.3, 0.4) is 0 Å². The Balaban J connectivity index is 1.50. The molecular weight excluding hydrogens is 442 g/mol. The third kappa shape index (κ3) is 6.86. The molecule has 0 aromatic heterocycles. The molecule has 1 saturated heterocycles. The Morgan fingerprint density at radius 1 is 1.03 bits per heavy atom. The van der Waals surface area contributed by atoms with E-state index in [1.165, 1.54) is 29.9 Å². The van der Waals surface area contributed by atoms with Gasteiger partial charge in [-0.1, -0.05) is 38.3 Å². The number of hydrogen-bond donors (Lipinski definition) is 2. The summed E-state index contributed by atoms with van der Waals surface area (Å²) in [4.78, 5) is 26.6. The topological polar surface area (TPSA) is 123 Å². The van der Waals surface area contributed by atoms with Crippen molar-refractivity contribution in [2.24, 2.45) is 5.14 Å². The molecule has 1 aliphatic heterocycles. The summed E-state index contributed by atoms with van der Waals surface area (Å²) in [6.07, 6.45) is 5.31. The first-order valence-electron chi connectivity index (χ1n) is 11.3. The van der Waals surface area contributed by atoms with Crippen LogP contribution in [0.15, 0.2) is 53.4 Å². The summed E-state index contributed by atoms with van der Waals surface area (Å²) >= 11 is 0. The highest BCUT2D eigenvalue weighted by Crippen LogP contribution is 2.24. The zero-order valence-electron chi connectivity index (χ0n) is 18.9. The highest BCUT2D eigenvalue weighted by atomic mass is 32.2. The number of sulfonamides is 1. The highest BCUT2D eigenvalue weighted by molar-refractivity contribution is 7.89. The average molecular weight is 475 g/mol. The van der Waals surface area contributed by atoms with Gasteiger partial charge in [-0.15, -0.1) is 0 Å². The van der Waals surface area contributed by atoms with E-state index >= 15 is 0 Å². The van der Waals surface area contributed by atoms with Gasteiger partial charge in [-0.05, 0) is 48.4 Å². The van der Waals surface area contributed by atoms with E-state index in [-0.39, 0.29) is 23.1 Å². The first-order chi connectivity index (χ1) is 15.8. The number of unbranched alkanes of at least 4 members (excludes halogenated alkanes) is 3. The van der Waals surface area contributed by atoms with Gasteiger partial charge in [0.1, 0.15) is 5.75 Å². The quantitative estimate of drug-likeness (QED) is 0.358. The molecule has 0 spiro atoms. The molecule has 1 heterocycles. The minimum Gasteiger partial charge on any atom is -0.494 e. The molecule has 178 valence electrons. The lowest BCUT2D eigenvalue weighted by atomic mass is 10.1. The SMILES string of the molecule is CCCCCCOc1ccc(N2C(=O)C[C@H]([NH2+]CCc3ccc(S(N)(=O)=O)cc3)C2=O)cc1. The number of nitrogens with zero attached hydrogens (tertiary/aromatic N) is 1. The van der Waals surface area contributed by atoms with Gasteiger partial charge in [0.15, 0.2) is 6.04 Å². The van der Waals surface area contributed by atoms with Crippen molar-refractivity contribution >= 4 is 27.5 Å². The lowest BCUT2D eigenvalue weighted by Crippen LogP contribution is -2.92. The summed E-state index contributed by atoms with van der Waals surface area (Å²) in [5, 5.41) is 6.97. The number of ether oxygens (including phenoxy) is 1. The first kappa shape index (κ1) is 24.9. The van der Waals surface area contributed by atoms with E-state index in [2.05, 4.69) is 6.92 Å². The molecule has 8 nitrogen and oxygen atoms in total. The molecule has 1 fully saturated rings. The van der Waals surface area contributed by atoms with Crippen LogP contribution < -0.4 is 20.1 Å². The number of anilines is 1. The van der Waals surface area contributed by atoms with Crippen LogP contribution >= 0.6 is 0 Å². The van der Waals surface area contributed by atoms with Crippen LogP contribution in [-0.2, 0) is 26.0 Å². The summed E-state index contributed by atoms with van der Waals surface area (Å²) < 4.78 is 28.4. The van der Waals surface area contributed by atoms with Gasteiger partial charge < -0.3 is 10.1 Å². The molecule has 3 rings (SSSR count). The highest BCUT2D eigenvalue weighted by Gasteiger charge is 2.42. The maximum absolute atomic E-state index is 12.8. The van der Waals surface area contributed by atoms with Crippen molar-refractivity contribution in [2.75, 3.05) is 18.1 Å². The third-order valence-electron chi connectivity index (χ3n) is 5.68. The molecule has 1 aliphatic rings. The van der Waals surface area contributed by atoms with E-state index in [9.17, 15) is 18.0 Å². The number of benzene rings is 2. The molecule has 2 aromatic rings. The van der Waals surface area contributed by atoms with Crippen molar-refractivity contribution in [1.82, 2.24) is 0 Å². The smallest absolute Gasteiger partial charge is 0.292 e. The van der Waals surface area contributed by atoms with Crippen LogP contribution in [0.25, 0.3) is 0 Å². The molecule has 0 bridgehead atoms. The van der Waals surface area contributed by atoms with Crippen molar-refractivity contribution in [3.63, 3.8) is 0 Å². The Kier molecular flexibility index (Phi) is 8.60. The molecule has 0 aliphatic carbocycles. The van der Waals surface area contributed by atoms with Gasteiger partial charge in [-0.3, -0.25) is 9.59 Å². The second kappa shape index (κ2) is 11.4. The fraction of sp³-hybridized carbons (Fsp3) is 0.417. The Morgan fingerprint density at radius 2 is 1.73 bits per heavy atom. The van der Waals surface area contributed by atoms with Gasteiger partial charge in [0.05, 0.1) is 30.2 Å². The molecule has 0 unspecified atom stereocenters. The molecule has 0 radical (unpaired) electrons. The van der Waals surface area contributed by atoms with E-state index < -0.39 is 16.1 Å². The Hall–Kier alpha value is -2.75. The van der Waals surface area contributed by atoms with Crippen molar-refractivity contribution in [3.8, 4) is 5.75 Å². The average Bonchev–Trinajstić information content (AvgIpc) is 3.07. The Bertz CT molecular complexity index is 1050. The molecule has 33 heavy (non-hydrogen) atoms. The van der Waals surface area contributed by atoms with Crippen LogP contribution in [0, 0.1) is 0 Å². The van der Waals surface area contributed by atoms with Crippen molar-refractivity contribution in [2.45, 2.75) is 56.4 Å². The van der Waals surface area contributed by atoms with E-state index in [1.54, 1.807) is 36.4 Å². The maximum Gasteiger partial charge on any atom is 0.292 e. The maximum atomic E-state index is 12.8. The van der Waals surface area contributed by atoms with Gasteiger partial charge in [-0.25, -0.2) is 18.5 Å². The summed E-state index contributed by atoms with van der Waals surface area (Å²) in [5.41, 5.74) is 1.48. The first-order valence-corrected chi connectivity index (χ1v) is 12.9. The number of primary sulfonamides is 1. The van der Waals surface area contributed by atoms with Crippen LogP contribution in [-0.4, -0.2) is 39.4 Å². The van der Waals surface area contributed by atoms with Crippen molar-refractivity contribution in [1.29, 1.82) is 0 Å². The molecule has 2 aromatic carbocycles. The van der Waals surface area contributed by atoms with Crippen LogP contribution in [0.5, 0.6) is 5.75 Å². The molecule has 1 atom stereocenters. The Labute approximate surface area is 195 Å². The molecular formula is C24H32N3O5S+. The van der Waals surface area contributed by atoms with Gasteiger partial charge in [0, 0.05) is 6.42 Å². The molecule has 2 amide bonds. The fourth-order valence-electron chi connectivity index (χ4n) is 3.82. The van der Waals surface area contributed by atoms with E-state index in [1.807, 2.05) is 5.32 Å². The van der Waals surface area contributed by atoms with Crippen LogP contribution in [0.2, 0.25) is 0 Å². The lowest BCUT2D eigenvalue weighted by molar-refractivity contribution is -0.674. The standard InChI is InChI=1S/C24H31N3O5S/c1-2-3-4-5-16-32-20-10-8-19(9-11-20)27-23(28)17-22(24(27)29)26-15-14-18-6-12-21(13-7-18)33(25,30)31/h6-13,22,26H,2-5,14-17H2,1H3,(H2,25,30,31)/p+1/t22-/m0/s1. The van der Waals surface area contributed by atoms with Gasteiger partial charge in [0.25, 0.3) is 5.91 Å². The largest absolute Gasteiger partial charge is 0.494 e. The van der Waals surface area contributed by atoms with Crippen LogP contribution in [0.4, 0.5) is 5.69 Å². The summed E-state index contributed by atoms with van der Waals surface area (Å²) in [5.74, 6) is 0.288. The number of carbonyl (C=O) groups is 2. The molecule has 0 saturated carbocycles. The summed E-state index contributed by atoms with van der Waals surface area (Å²) in [7, 11) is -3.71. The van der Waals surface area contributed by atoms with E-state index in [4.69, 9.17) is 9.88 Å². The minimum absolute atomic E-state index is 0.0651. The molecule has 9 heteroatoms. The lowest BCUT2D eigenvalue weighted by Gasteiger charge is -2.15. The monoisotopic (exact) mass is 474 g/mol. The van der Waals surface area contributed by atoms with Crippen LogP contribution in [0.1, 0.15) is 44.6 Å².